The molecule has 1 fully saturated rings. The monoisotopic (exact) mass is 352 g/mol. The number of nitrogens with one attached hydrogen (secondary N) is 1. The van der Waals surface area contributed by atoms with Gasteiger partial charge in [-0.3, -0.25) is 9.59 Å². The van der Waals surface area contributed by atoms with Gasteiger partial charge in [-0.15, -0.1) is 0 Å². The van der Waals surface area contributed by atoms with E-state index in [9.17, 15) is 9.59 Å². The molecule has 136 valence electrons. The molecule has 26 heavy (non-hydrogen) atoms. The maximum absolute atomic E-state index is 12.8. The highest BCUT2D eigenvalue weighted by atomic mass is 16.1. The van der Waals surface area contributed by atoms with E-state index < -0.39 is 0 Å². The van der Waals surface area contributed by atoms with Crippen LogP contribution in [-0.4, -0.2) is 48.4 Å². The van der Waals surface area contributed by atoms with Crippen LogP contribution < -0.4 is 10.2 Å². The van der Waals surface area contributed by atoms with Gasteiger partial charge in [-0.25, -0.2) is 4.98 Å². The summed E-state index contributed by atoms with van der Waals surface area (Å²) in [4.78, 5) is 31.8. The van der Waals surface area contributed by atoms with Crippen molar-refractivity contribution >= 4 is 23.8 Å². The number of aryl methyl sites for hydroxylation is 2. The number of para-hydroxylation sites is 1. The normalized spacial score (nSPS) is 14.2. The minimum absolute atomic E-state index is 0.135. The van der Waals surface area contributed by atoms with Crippen molar-refractivity contribution in [2.75, 3.05) is 36.4 Å². The topological polar surface area (TPSA) is 65.5 Å². The fraction of sp³-hybridized carbons (Fsp3) is 0.350. The standard InChI is InChI=1S/C20H24N4O2/c1-3-16-6-4-5-15(2)19(16)22-20(26)17-7-8-21-18(13-17)24-11-9-23(14-25)10-12-24/h4-8,13-14H,3,9-12H2,1-2H3,(H,22,26). The fourth-order valence-electron chi connectivity index (χ4n) is 3.18. The van der Waals surface area contributed by atoms with E-state index in [1.807, 2.05) is 31.2 Å². The molecule has 1 aromatic carbocycles. The third-order valence-electron chi connectivity index (χ3n) is 4.77. The number of carbonyl (C=O) groups excluding carboxylic acids is 2. The molecule has 0 aliphatic carbocycles. The highest BCUT2D eigenvalue weighted by Gasteiger charge is 2.18. The predicted octanol–water partition coefficient (Wildman–Crippen LogP) is 2.48. The Morgan fingerprint density at radius 2 is 2.00 bits per heavy atom. The van der Waals surface area contributed by atoms with Gasteiger partial charge in [0.2, 0.25) is 6.41 Å². The molecule has 2 amide bonds. The van der Waals surface area contributed by atoms with E-state index in [0.29, 0.717) is 31.7 Å². The summed E-state index contributed by atoms with van der Waals surface area (Å²) in [6.07, 6.45) is 3.40. The zero-order valence-corrected chi connectivity index (χ0v) is 15.2. The molecule has 1 saturated heterocycles. The van der Waals surface area contributed by atoms with Gasteiger partial charge >= 0.3 is 0 Å². The molecule has 0 radical (unpaired) electrons. The maximum Gasteiger partial charge on any atom is 0.255 e. The Morgan fingerprint density at radius 3 is 2.69 bits per heavy atom. The number of nitrogens with zero attached hydrogens (tertiary/aromatic N) is 3. The van der Waals surface area contributed by atoms with Gasteiger partial charge in [0.05, 0.1) is 0 Å². The van der Waals surface area contributed by atoms with E-state index in [2.05, 4.69) is 22.1 Å². The molecule has 2 aromatic rings. The van der Waals surface area contributed by atoms with E-state index in [1.54, 1.807) is 17.2 Å². The van der Waals surface area contributed by atoms with Gasteiger partial charge < -0.3 is 15.1 Å². The molecule has 0 unspecified atom stereocenters. The van der Waals surface area contributed by atoms with Crippen LogP contribution in [0.15, 0.2) is 36.5 Å². The van der Waals surface area contributed by atoms with Crippen molar-refractivity contribution in [3.05, 3.63) is 53.2 Å². The molecular formula is C20H24N4O2. The van der Waals surface area contributed by atoms with Gasteiger partial charge in [-0.05, 0) is 36.6 Å². The minimum Gasteiger partial charge on any atom is -0.353 e. The molecule has 2 heterocycles. The molecule has 1 aliphatic rings. The van der Waals surface area contributed by atoms with Gasteiger partial charge in [0, 0.05) is 43.6 Å². The number of pyridine rings is 1. The Labute approximate surface area is 153 Å². The summed E-state index contributed by atoms with van der Waals surface area (Å²) >= 11 is 0. The maximum atomic E-state index is 12.8. The molecule has 3 rings (SSSR count). The molecule has 0 atom stereocenters. The Morgan fingerprint density at radius 1 is 1.23 bits per heavy atom. The predicted molar refractivity (Wildman–Crippen MR) is 103 cm³/mol. The second-order valence-electron chi connectivity index (χ2n) is 6.45. The van der Waals surface area contributed by atoms with Crippen LogP contribution in [0.5, 0.6) is 0 Å². The number of hydrogen-bond donors (Lipinski definition) is 1. The number of aromatic nitrogens is 1. The molecule has 0 spiro atoms. The Hall–Kier alpha value is -2.89. The zero-order chi connectivity index (χ0) is 18.5. The average molecular weight is 352 g/mol. The summed E-state index contributed by atoms with van der Waals surface area (Å²) in [7, 11) is 0. The van der Waals surface area contributed by atoms with Crippen LogP contribution in [-0.2, 0) is 11.2 Å². The Bertz CT molecular complexity index is 798. The first-order valence-corrected chi connectivity index (χ1v) is 8.92. The van der Waals surface area contributed by atoms with Gasteiger partial charge in [0.1, 0.15) is 5.82 Å². The SMILES string of the molecule is CCc1cccc(C)c1NC(=O)c1ccnc(N2CCN(C=O)CC2)c1. The van der Waals surface area contributed by atoms with E-state index >= 15 is 0 Å². The number of rotatable bonds is 5. The highest BCUT2D eigenvalue weighted by molar-refractivity contribution is 6.05. The van der Waals surface area contributed by atoms with Gasteiger partial charge in [0.15, 0.2) is 0 Å². The molecule has 1 aromatic heterocycles. The lowest BCUT2D eigenvalue weighted by atomic mass is 10.1. The molecule has 6 nitrogen and oxygen atoms in total. The van der Waals surface area contributed by atoms with Crippen LogP contribution in [0.3, 0.4) is 0 Å². The number of hydrogen-bond acceptors (Lipinski definition) is 4. The van der Waals surface area contributed by atoms with Crippen molar-refractivity contribution in [3.8, 4) is 0 Å². The molecular weight excluding hydrogens is 328 g/mol. The van der Waals surface area contributed by atoms with Crippen molar-refractivity contribution in [2.45, 2.75) is 20.3 Å². The molecule has 0 saturated carbocycles. The lowest BCUT2D eigenvalue weighted by molar-refractivity contribution is -0.118. The van der Waals surface area contributed by atoms with Gasteiger partial charge in [-0.1, -0.05) is 25.1 Å². The molecule has 1 N–H and O–H groups in total. The van der Waals surface area contributed by atoms with Crippen LogP contribution in [0.25, 0.3) is 0 Å². The third-order valence-corrected chi connectivity index (χ3v) is 4.77. The van der Waals surface area contributed by atoms with Crippen LogP contribution in [0.4, 0.5) is 11.5 Å². The first kappa shape index (κ1) is 17.9. The quantitative estimate of drug-likeness (QED) is 0.840. The zero-order valence-electron chi connectivity index (χ0n) is 15.2. The van der Waals surface area contributed by atoms with E-state index in [-0.39, 0.29) is 5.91 Å². The van der Waals surface area contributed by atoms with Crippen LogP contribution in [0.1, 0.15) is 28.4 Å². The number of benzene rings is 1. The van der Waals surface area contributed by atoms with E-state index in [4.69, 9.17) is 0 Å². The van der Waals surface area contributed by atoms with Crippen molar-refractivity contribution < 1.29 is 9.59 Å². The van der Waals surface area contributed by atoms with Crippen molar-refractivity contribution in [1.82, 2.24) is 9.88 Å². The lowest BCUT2D eigenvalue weighted by Gasteiger charge is -2.33. The van der Waals surface area contributed by atoms with E-state index in [0.717, 1.165) is 35.5 Å². The van der Waals surface area contributed by atoms with Crippen LogP contribution in [0, 0.1) is 6.92 Å². The van der Waals surface area contributed by atoms with Crippen molar-refractivity contribution in [1.29, 1.82) is 0 Å². The number of amides is 2. The van der Waals surface area contributed by atoms with Crippen molar-refractivity contribution in [3.63, 3.8) is 0 Å². The van der Waals surface area contributed by atoms with Crippen LogP contribution >= 0.6 is 0 Å². The second-order valence-corrected chi connectivity index (χ2v) is 6.45. The summed E-state index contributed by atoms with van der Waals surface area (Å²) in [5, 5.41) is 3.05. The number of piperazine rings is 1. The highest BCUT2D eigenvalue weighted by Crippen LogP contribution is 2.22. The number of anilines is 2. The summed E-state index contributed by atoms with van der Waals surface area (Å²) in [5.74, 6) is 0.632. The van der Waals surface area contributed by atoms with Gasteiger partial charge in [-0.2, -0.15) is 0 Å². The first-order valence-electron chi connectivity index (χ1n) is 8.92. The third kappa shape index (κ3) is 3.85. The lowest BCUT2D eigenvalue weighted by Crippen LogP contribution is -2.46. The Balaban J connectivity index is 1.76. The van der Waals surface area contributed by atoms with Crippen LogP contribution in [0.2, 0.25) is 0 Å². The molecule has 0 bridgehead atoms. The van der Waals surface area contributed by atoms with Crippen molar-refractivity contribution in [2.24, 2.45) is 0 Å². The number of carbonyl (C=O) groups is 2. The van der Waals surface area contributed by atoms with Gasteiger partial charge in [0.25, 0.3) is 5.91 Å². The fourth-order valence-corrected chi connectivity index (χ4v) is 3.18. The molecule has 6 heteroatoms. The van der Waals surface area contributed by atoms with E-state index in [1.165, 1.54) is 0 Å². The summed E-state index contributed by atoms with van der Waals surface area (Å²) < 4.78 is 0. The minimum atomic E-state index is -0.135. The largest absolute Gasteiger partial charge is 0.353 e. The molecule has 1 aliphatic heterocycles. The second kappa shape index (κ2) is 7.99. The summed E-state index contributed by atoms with van der Waals surface area (Å²) in [5.41, 5.74) is 3.64. The summed E-state index contributed by atoms with van der Waals surface area (Å²) in [6, 6.07) is 9.58. The smallest absolute Gasteiger partial charge is 0.255 e. The first-order chi connectivity index (χ1) is 12.6. The Kier molecular flexibility index (Phi) is 5.51. The average Bonchev–Trinajstić information content (AvgIpc) is 2.69. The summed E-state index contributed by atoms with van der Waals surface area (Å²) in [6.45, 7) is 6.85.